The number of esters is 1. The number of methoxy groups -OCH3 is 2. The Kier molecular flexibility index (Phi) is 10.7. The van der Waals surface area contributed by atoms with Crippen LogP contribution < -0.4 is 0 Å². The first-order valence-corrected chi connectivity index (χ1v) is 9.98. The minimum absolute atomic E-state index is 0.141. The van der Waals surface area contributed by atoms with Crippen molar-refractivity contribution in [2.24, 2.45) is 23.7 Å². The van der Waals surface area contributed by atoms with Crippen LogP contribution in [0.15, 0.2) is 0 Å². The Morgan fingerprint density at radius 3 is 1.81 bits per heavy atom. The third kappa shape index (κ3) is 6.50. The van der Waals surface area contributed by atoms with Gasteiger partial charge in [-0.05, 0) is 38.5 Å². The molecule has 0 aromatic rings. The van der Waals surface area contributed by atoms with Crippen LogP contribution in [0, 0.1) is 23.7 Å². The molecule has 2 aliphatic carbocycles. The molecule has 0 heterocycles. The summed E-state index contributed by atoms with van der Waals surface area (Å²) < 4.78 is 9.08. The molecule has 0 N–H and O–H groups in total. The zero-order valence-corrected chi connectivity index (χ0v) is 16.6. The van der Waals surface area contributed by atoms with Gasteiger partial charge in [-0.3, -0.25) is 4.79 Å². The molecule has 0 spiro atoms. The fourth-order valence-corrected chi connectivity index (χ4v) is 5.51. The van der Waals surface area contributed by atoms with Gasteiger partial charge in [-0.1, -0.05) is 0 Å². The van der Waals surface area contributed by atoms with Crippen molar-refractivity contribution < 1.29 is 28.7 Å². The second-order valence-corrected chi connectivity index (χ2v) is 8.55. The molecule has 0 radical (unpaired) electrons. The predicted octanol–water partition coefficient (Wildman–Crippen LogP) is 2.32. The molecule has 2 rings (SSSR count). The quantitative estimate of drug-likeness (QED) is 0.511. The number of hydrogen-bond acceptors (Lipinski definition) is 7. The summed E-state index contributed by atoms with van der Waals surface area (Å²) in [6.45, 7) is 0. The van der Waals surface area contributed by atoms with E-state index < -0.39 is 0 Å². The van der Waals surface area contributed by atoms with E-state index in [4.69, 9.17) is 4.74 Å². The van der Waals surface area contributed by atoms with Gasteiger partial charge in [0.05, 0.1) is 13.0 Å². The molecule has 0 aliphatic heterocycles. The van der Waals surface area contributed by atoms with Crippen LogP contribution in [-0.2, 0) is 28.7 Å². The monoisotopic (exact) mass is 386 g/mol. The lowest BCUT2D eigenvalue weighted by molar-refractivity contribution is -0.149. The summed E-state index contributed by atoms with van der Waals surface area (Å²) in [5.74, 6) is -1.22. The fourth-order valence-electron chi connectivity index (χ4n) is 3.77. The first kappa shape index (κ1) is 22.8. The van der Waals surface area contributed by atoms with Gasteiger partial charge >= 0.3 is 5.97 Å². The van der Waals surface area contributed by atoms with Crippen molar-refractivity contribution >= 4 is 36.6 Å². The summed E-state index contributed by atoms with van der Waals surface area (Å²) in [4.78, 5) is 45.2. The minimum atomic E-state index is -0.350. The summed E-state index contributed by atoms with van der Waals surface area (Å²) in [5, 5.41) is 0.651. The highest BCUT2D eigenvalue weighted by atomic mass is 32.2. The zero-order valence-electron chi connectivity index (χ0n) is 15.8. The van der Waals surface area contributed by atoms with E-state index in [0.717, 1.165) is 44.5 Å². The van der Waals surface area contributed by atoms with Crippen molar-refractivity contribution in [2.45, 2.75) is 49.0 Å². The number of aldehydes is 3. The summed E-state index contributed by atoms with van der Waals surface area (Å²) in [6, 6.07) is 0. The van der Waals surface area contributed by atoms with E-state index >= 15 is 0 Å². The van der Waals surface area contributed by atoms with Gasteiger partial charge in [0.1, 0.15) is 18.9 Å². The van der Waals surface area contributed by atoms with Crippen molar-refractivity contribution in [1.82, 2.24) is 0 Å². The molecule has 7 heteroatoms. The van der Waals surface area contributed by atoms with Crippen molar-refractivity contribution in [1.29, 1.82) is 0 Å². The highest BCUT2D eigenvalue weighted by Crippen LogP contribution is 2.42. The van der Waals surface area contributed by atoms with Crippen LogP contribution >= 0.6 is 11.8 Å². The van der Waals surface area contributed by atoms with Gasteiger partial charge in [0.25, 0.3) is 0 Å². The van der Waals surface area contributed by atoms with Crippen LogP contribution in [0.25, 0.3) is 0 Å². The first-order chi connectivity index (χ1) is 12.5. The van der Waals surface area contributed by atoms with Gasteiger partial charge in [0.15, 0.2) is 0 Å². The number of hydrogen-bond donors (Lipinski definition) is 0. The highest BCUT2D eigenvalue weighted by molar-refractivity contribution is 8.00. The number of carbonyl (C=O) groups is 4. The summed E-state index contributed by atoms with van der Waals surface area (Å²) in [5.41, 5.74) is 0. The van der Waals surface area contributed by atoms with Crippen LogP contribution in [0.1, 0.15) is 38.5 Å². The molecule has 0 aromatic heterocycles. The standard InChI is InChI=1S/C17H24O5S.C2H6O/c1-22-17(21)16-7-15(5-3-12(16)9-19)23-14-4-2-11(8-18)13(6-14)10-20;1-3-2/h8-16H,2-7H2,1H3;1-2H3. The summed E-state index contributed by atoms with van der Waals surface area (Å²) in [6.07, 6.45) is 7.37. The van der Waals surface area contributed by atoms with Gasteiger partial charge in [0.2, 0.25) is 0 Å². The van der Waals surface area contributed by atoms with E-state index in [1.165, 1.54) is 7.11 Å². The minimum Gasteiger partial charge on any atom is -0.469 e. The molecule has 0 bridgehead atoms. The topological polar surface area (TPSA) is 86.7 Å². The predicted molar refractivity (Wildman–Crippen MR) is 100.0 cm³/mol. The number of carbonyl (C=O) groups excluding carboxylic acids is 4. The molecule has 0 aromatic carbocycles. The van der Waals surface area contributed by atoms with E-state index in [2.05, 4.69) is 4.74 Å². The number of thioether (sulfide) groups is 1. The lowest BCUT2D eigenvalue weighted by atomic mass is 9.80. The largest absolute Gasteiger partial charge is 0.469 e. The van der Waals surface area contributed by atoms with E-state index in [9.17, 15) is 19.2 Å². The van der Waals surface area contributed by atoms with Gasteiger partial charge < -0.3 is 23.9 Å². The first-order valence-electron chi connectivity index (χ1n) is 9.03. The van der Waals surface area contributed by atoms with Crippen LogP contribution in [0.5, 0.6) is 0 Å². The maximum absolute atomic E-state index is 11.9. The average Bonchev–Trinajstić information content (AvgIpc) is 2.67. The highest BCUT2D eigenvalue weighted by Gasteiger charge is 2.38. The van der Waals surface area contributed by atoms with E-state index in [-0.39, 0.29) is 29.6 Å². The third-order valence-corrected chi connectivity index (χ3v) is 6.80. The van der Waals surface area contributed by atoms with Gasteiger partial charge in [-0.25, -0.2) is 0 Å². The molecule has 148 valence electrons. The second-order valence-electron chi connectivity index (χ2n) is 6.94. The summed E-state index contributed by atoms with van der Waals surface area (Å²) >= 11 is 1.82. The average molecular weight is 387 g/mol. The Morgan fingerprint density at radius 1 is 0.808 bits per heavy atom. The van der Waals surface area contributed by atoms with Gasteiger partial charge in [0, 0.05) is 42.5 Å². The van der Waals surface area contributed by atoms with E-state index in [0.29, 0.717) is 23.3 Å². The van der Waals surface area contributed by atoms with Crippen molar-refractivity contribution in [2.75, 3.05) is 21.3 Å². The second kappa shape index (κ2) is 12.2. The van der Waals surface area contributed by atoms with Crippen LogP contribution in [0.3, 0.4) is 0 Å². The van der Waals surface area contributed by atoms with Crippen LogP contribution in [0.2, 0.25) is 0 Å². The molecular weight excluding hydrogens is 356 g/mol. The normalized spacial score (nSPS) is 34.0. The molecule has 2 fully saturated rings. The van der Waals surface area contributed by atoms with E-state index in [1.807, 2.05) is 11.8 Å². The molecule has 2 saturated carbocycles. The lowest BCUT2D eigenvalue weighted by Crippen LogP contribution is -2.35. The molecular formula is C19H30O6S. The zero-order chi connectivity index (χ0) is 19.5. The maximum Gasteiger partial charge on any atom is 0.309 e. The smallest absolute Gasteiger partial charge is 0.309 e. The molecule has 26 heavy (non-hydrogen) atoms. The van der Waals surface area contributed by atoms with Gasteiger partial charge in [-0.2, -0.15) is 11.8 Å². The number of rotatable bonds is 6. The molecule has 6 nitrogen and oxygen atoms in total. The Bertz CT molecular complexity index is 469. The van der Waals surface area contributed by atoms with Crippen molar-refractivity contribution in [3.8, 4) is 0 Å². The Labute approximate surface area is 159 Å². The molecule has 2 aliphatic rings. The molecule has 0 saturated heterocycles. The fraction of sp³-hybridized carbons (Fsp3) is 0.789. The number of ether oxygens (including phenoxy) is 2. The van der Waals surface area contributed by atoms with Crippen LogP contribution in [-0.4, -0.2) is 56.7 Å². The molecule has 6 unspecified atom stereocenters. The SMILES string of the molecule is COC.COC(=O)C1CC(SC2CCC(C=O)C(C=O)C2)CCC1C=O. The Hall–Kier alpha value is -1.21. The van der Waals surface area contributed by atoms with Crippen molar-refractivity contribution in [3.63, 3.8) is 0 Å². The van der Waals surface area contributed by atoms with Gasteiger partial charge in [-0.15, -0.1) is 0 Å². The maximum atomic E-state index is 11.9. The van der Waals surface area contributed by atoms with Crippen LogP contribution in [0.4, 0.5) is 0 Å². The van der Waals surface area contributed by atoms with E-state index in [1.54, 1.807) is 14.2 Å². The molecule has 0 amide bonds. The third-order valence-electron chi connectivity index (χ3n) is 5.18. The van der Waals surface area contributed by atoms with Crippen molar-refractivity contribution in [3.05, 3.63) is 0 Å². The molecule has 6 atom stereocenters. The summed E-state index contributed by atoms with van der Waals surface area (Å²) in [7, 11) is 4.61. The Morgan fingerprint density at radius 2 is 1.31 bits per heavy atom. The Balaban J connectivity index is 0.00000105. The lowest BCUT2D eigenvalue weighted by Gasteiger charge is -2.36.